The highest BCUT2D eigenvalue weighted by atomic mass is 32.1. The molecule has 0 saturated carbocycles. The molecule has 3 N–H and O–H groups in total. The molecule has 1 aromatic carbocycles. The monoisotopic (exact) mass is 476 g/mol. The fourth-order valence-corrected chi connectivity index (χ4v) is 4.40. The minimum Gasteiger partial charge on any atom is -0.359 e. The Labute approximate surface area is 202 Å². The van der Waals surface area contributed by atoms with Gasteiger partial charge in [0.05, 0.1) is 11.9 Å². The molecule has 1 atom stereocenters. The SMILES string of the molecule is CNC(=O)CCCCCC(CNC(=O)c1ccns1)c1ncc(-c2ccc3ccncc3c2)[nH]1. The van der Waals surface area contributed by atoms with Gasteiger partial charge in [0.25, 0.3) is 5.91 Å². The summed E-state index contributed by atoms with van der Waals surface area (Å²) in [6, 6.07) is 9.95. The van der Waals surface area contributed by atoms with Crippen LogP contribution in [0, 0.1) is 0 Å². The Bertz CT molecular complexity index is 1240. The predicted molar refractivity (Wildman–Crippen MR) is 134 cm³/mol. The molecule has 0 bridgehead atoms. The Morgan fingerprint density at radius 3 is 2.79 bits per heavy atom. The van der Waals surface area contributed by atoms with E-state index < -0.39 is 0 Å². The maximum Gasteiger partial charge on any atom is 0.263 e. The van der Waals surface area contributed by atoms with Crippen LogP contribution in [0.3, 0.4) is 0 Å². The molecule has 0 aliphatic rings. The van der Waals surface area contributed by atoms with Crippen LogP contribution in [0.15, 0.2) is 55.1 Å². The number of nitrogens with one attached hydrogen (secondary N) is 3. The van der Waals surface area contributed by atoms with Crippen LogP contribution in [0.2, 0.25) is 0 Å². The molecule has 0 radical (unpaired) electrons. The number of pyridine rings is 1. The third-order valence-corrected chi connectivity index (χ3v) is 6.58. The number of hydrogen-bond donors (Lipinski definition) is 3. The average Bonchev–Trinajstić information content (AvgIpc) is 3.58. The number of rotatable bonds is 11. The lowest BCUT2D eigenvalue weighted by molar-refractivity contribution is -0.120. The van der Waals surface area contributed by atoms with E-state index in [9.17, 15) is 9.59 Å². The summed E-state index contributed by atoms with van der Waals surface area (Å²) in [7, 11) is 1.66. The number of fused-ring (bicyclic) bond motifs is 1. The highest BCUT2D eigenvalue weighted by Crippen LogP contribution is 2.26. The summed E-state index contributed by atoms with van der Waals surface area (Å²) in [5, 5.41) is 7.89. The van der Waals surface area contributed by atoms with E-state index in [1.54, 1.807) is 25.5 Å². The van der Waals surface area contributed by atoms with Crippen molar-refractivity contribution >= 4 is 34.1 Å². The van der Waals surface area contributed by atoms with E-state index in [-0.39, 0.29) is 17.7 Å². The van der Waals surface area contributed by atoms with Crippen LogP contribution < -0.4 is 10.6 Å². The van der Waals surface area contributed by atoms with Gasteiger partial charge in [-0.1, -0.05) is 25.0 Å². The van der Waals surface area contributed by atoms with Gasteiger partial charge >= 0.3 is 0 Å². The number of carbonyl (C=O) groups excluding carboxylic acids is 2. The molecule has 0 saturated heterocycles. The van der Waals surface area contributed by atoms with Gasteiger partial charge in [0.2, 0.25) is 5.91 Å². The minimum absolute atomic E-state index is 0.0350. The number of aromatic amines is 1. The van der Waals surface area contributed by atoms with Crippen molar-refractivity contribution in [2.45, 2.75) is 38.0 Å². The van der Waals surface area contributed by atoms with Crippen LogP contribution >= 0.6 is 11.5 Å². The molecule has 2 amide bonds. The van der Waals surface area contributed by atoms with Crippen LogP contribution in [0.4, 0.5) is 0 Å². The van der Waals surface area contributed by atoms with Gasteiger partial charge in [0.1, 0.15) is 10.7 Å². The van der Waals surface area contributed by atoms with E-state index in [0.717, 1.165) is 53.5 Å². The fourth-order valence-electron chi connectivity index (χ4n) is 3.89. The molecule has 0 spiro atoms. The van der Waals surface area contributed by atoms with E-state index >= 15 is 0 Å². The molecule has 176 valence electrons. The van der Waals surface area contributed by atoms with Crippen molar-refractivity contribution in [3.8, 4) is 11.3 Å². The average molecular weight is 477 g/mol. The van der Waals surface area contributed by atoms with E-state index in [0.29, 0.717) is 17.8 Å². The minimum atomic E-state index is -0.124. The summed E-state index contributed by atoms with van der Waals surface area (Å²) >= 11 is 1.18. The zero-order chi connectivity index (χ0) is 23.8. The topological polar surface area (TPSA) is 113 Å². The second-order valence-electron chi connectivity index (χ2n) is 8.18. The largest absolute Gasteiger partial charge is 0.359 e. The number of unbranched alkanes of at least 4 members (excludes halogenated alkanes) is 2. The van der Waals surface area contributed by atoms with E-state index in [1.165, 1.54) is 11.5 Å². The van der Waals surface area contributed by atoms with Crippen LogP contribution in [-0.4, -0.2) is 44.7 Å². The van der Waals surface area contributed by atoms with E-state index in [2.05, 4.69) is 48.2 Å². The van der Waals surface area contributed by atoms with Gasteiger partial charge in [-0.05, 0) is 48.0 Å². The maximum atomic E-state index is 12.5. The first-order valence-electron chi connectivity index (χ1n) is 11.4. The molecule has 9 heteroatoms. The lowest BCUT2D eigenvalue weighted by atomic mass is 9.99. The van der Waals surface area contributed by atoms with Crippen LogP contribution in [0.5, 0.6) is 0 Å². The quantitative estimate of drug-likeness (QED) is 0.280. The van der Waals surface area contributed by atoms with Gasteiger partial charge in [0.15, 0.2) is 0 Å². The van der Waals surface area contributed by atoms with Crippen molar-refractivity contribution in [1.29, 1.82) is 0 Å². The lowest BCUT2D eigenvalue weighted by Gasteiger charge is -2.15. The molecular weight excluding hydrogens is 448 g/mol. The summed E-state index contributed by atoms with van der Waals surface area (Å²) in [6.07, 6.45) is 11.2. The first kappa shape index (κ1) is 23.6. The van der Waals surface area contributed by atoms with Crippen molar-refractivity contribution in [3.63, 3.8) is 0 Å². The summed E-state index contributed by atoms with van der Waals surface area (Å²) in [4.78, 5) is 36.8. The molecule has 1 unspecified atom stereocenters. The van der Waals surface area contributed by atoms with Gasteiger partial charge in [-0.3, -0.25) is 14.6 Å². The molecule has 4 aromatic rings. The Morgan fingerprint density at radius 1 is 1.06 bits per heavy atom. The van der Waals surface area contributed by atoms with Gasteiger partial charge in [-0.2, -0.15) is 0 Å². The second kappa shape index (κ2) is 11.5. The van der Waals surface area contributed by atoms with Gasteiger partial charge in [0, 0.05) is 55.5 Å². The number of imidazole rings is 1. The lowest BCUT2D eigenvalue weighted by Crippen LogP contribution is -2.28. The number of benzene rings is 1. The molecule has 0 aliphatic heterocycles. The number of H-pyrrole nitrogens is 1. The third kappa shape index (κ3) is 6.05. The molecule has 0 fully saturated rings. The highest BCUT2D eigenvalue weighted by Gasteiger charge is 2.18. The van der Waals surface area contributed by atoms with Crippen molar-refractivity contribution in [3.05, 3.63) is 65.8 Å². The third-order valence-electron chi connectivity index (χ3n) is 5.84. The van der Waals surface area contributed by atoms with Gasteiger partial charge < -0.3 is 15.6 Å². The summed E-state index contributed by atoms with van der Waals surface area (Å²) < 4.78 is 4.00. The molecule has 4 rings (SSSR count). The summed E-state index contributed by atoms with van der Waals surface area (Å²) in [6.45, 7) is 0.473. The molecule has 3 heterocycles. The number of aromatic nitrogens is 4. The standard InChI is InChI=1S/C25H28N6O2S/c1-26-23(32)6-4-2-3-5-19(15-29-25(33)22-10-12-30-34-22)24-28-16-21(31-24)18-8-7-17-9-11-27-14-20(17)13-18/h7-14,16,19H,2-6,15H2,1H3,(H,26,32)(H,28,31)(H,29,33). The second-order valence-corrected chi connectivity index (χ2v) is 9.01. The van der Waals surface area contributed by atoms with Gasteiger partial charge in [-0.15, -0.1) is 0 Å². The van der Waals surface area contributed by atoms with Gasteiger partial charge in [-0.25, -0.2) is 9.36 Å². The first-order chi connectivity index (χ1) is 16.6. The zero-order valence-electron chi connectivity index (χ0n) is 19.1. The van der Waals surface area contributed by atoms with Crippen molar-refractivity contribution in [1.82, 2.24) is 30.0 Å². The molecule has 0 aliphatic carbocycles. The Kier molecular flexibility index (Phi) is 7.98. The number of hydrogen-bond acceptors (Lipinski definition) is 6. The maximum absolute atomic E-state index is 12.5. The molecule has 34 heavy (non-hydrogen) atoms. The Balaban J connectivity index is 1.45. The summed E-state index contributed by atoms with van der Waals surface area (Å²) in [5.41, 5.74) is 1.97. The van der Waals surface area contributed by atoms with Crippen LogP contribution in [0.25, 0.3) is 22.0 Å². The number of nitrogens with zero attached hydrogens (tertiary/aromatic N) is 3. The normalized spacial score (nSPS) is 11.9. The molecular formula is C25H28N6O2S. The predicted octanol–water partition coefficient (Wildman–Crippen LogP) is 4.29. The smallest absolute Gasteiger partial charge is 0.263 e. The molecule has 8 nitrogen and oxygen atoms in total. The van der Waals surface area contributed by atoms with Crippen LogP contribution in [0.1, 0.15) is 53.5 Å². The Hall–Kier alpha value is -3.59. The number of carbonyl (C=O) groups is 2. The zero-order valence-corrected chi connectivity index (χ0v) is 19.9. The molecule has 3 aromatic heterocycles. The highest BCUT2D eigenvalue weighted by molar-refractivity contribution is 7.08. The summed E-state index contributed by atoms with van der Waals surface area (Å²) in [5.74, 6) is 0.820. The van der Waals surface area contributed by atoms with Crippen molar-refractivity contribution in [2.24, 2.45) is 0 Å². The fraction of sp³-hybridized carbons (Fsp3) is 0.320. The Morgan fingerprint density at radius 2 is 1.97 bits per heavy atom. The number of amides is 2. The van der Waals surface area contributed by atoms with E-state index in [1.807, 2.05) is 18.5 Å². The van der Waals surface area contributed by atoms with Crippen LogP contribution in [-0.2, 0) is 4.79 Å². The first-order valence-corrected chi connectivity index (χ1v) is 12.2. The van der Waals surface area contributed by atoms with Crippen molar-refractivity contribution < 1.29 is 9.59 Å². The van der Waals surface area contributed by atoms with E-state index in [4.69, 9.17) is 0 Å². The van der Waals surface area contributed by atoms with Crippen molar-refractivity contribution in [2.75, 3.05) is 13.6 Å².